The molecular weight excluding hydrogens is 360 g/mol. The monoisotopic (exact) mass is 392 g/mol. The molecule has 2 aliphatic rings. The van der Waals surface area contributed by atoms with Crippen LogP contribution in [0.4, 0.5) is 0 Å². The van der Waals surface area contributed by atoms with Crippen molar-refractivity contribution in [3.63, 3.8) is 0 Å². The highest BCUT2D eigenvalue weighted by Crippen LogP contribution is 2.36. The molecule has 2 aromatic carbocycles. The summed E-state index contributed by atoms with van der Waals surface area (Å²) < 4.78 is 5.42. The van der Waals surface area contributed by atoms with Gasteiger partial charge in [0.15, 0.2) is 0 Å². The molecule has 29 heavy (non-hydrogen) atoms. The van der Waals surface area contributed by atoms with Crippen molar-refractivity contribution < 1.29 is 9.53 Å². The fraction of sp³-hybridized carbons (Fsp3) is 0.480. The molecule has 2 aromatic rings. The molecule has 3 atom stereocenters. The number of benzene rings is 2. The first-order valence-corrected chi connectivity index (χ1v) is 10.9. The smallest absolute Gasteiger partial charge is 0.252 e. The minimum atomic E-state index is -0.0191. The van der Waals surface area contributed by atoms with Gasteiger partial charge in [-0.2, -0.15) is 0 Å². The van der Waals surface area contributed by atoms with E-state index in [-0.39, 0.29) is 11.9 Å². The fourth-order valence-electron chi connectivity index (χ4n) is 5.22. The Morgan fingerprint density at radius 1 is 1.03 bits per heavy atom. The van der Waals surface area contributed by atoms with E-state index in [1.807, 2.05) is 31.2 Å². The second-order valence-electron chi connectivity index (χ2n) is 8.38. The highest BCUT2D eigenvalue weighted by Gasteiger charge is 2.38. The lowest BCUT2D eigenvalue weighted by Crippen LogP contribution is -2.54. The number of nitrogens with one attached hydrogen (secondary N) is 1. The van der Waals surface area contributed by atoms with Crippen LogP contribution in [0.15, 0.2) is 48.5 Å². The second kappa shape index (κ2) is 9.00. The van der Waals surface area contributed by atoms with Crippen molar-refractivity contribution in [3.05, 3.63) is 65.2 Å². The predicted octanol–water partition coefficient (Wildman–Crippen LogP) is 4.88. The maximum Gasteiger partial charge on any atom is 0.252 e. The van der Waals surface area contributed by atoms with Crippen molar-refractivity contribution in [2.24, 2.45) is 0 Å². The van der Waals surface area contributed by atoms with Crippen LogP contribution < -0.4 is 10.1 Å². The summed E-state index contributed by atoms with van der Waals surface area (Å²) in [6, 6.07) is 17.2. The molecule has 2 heterocycles. The maximum absolute atomic E-state index is 13.3. The maximum atomic E-state index is 13.3. The molecule has 2 fully saturated rings. The van der Waals surface area contributed by atoms with E-state index in [1.165, 1.54) is 37.7 Å². The number of fused-ring (bicyclic) bond motifs is 1. The minimum Gasteiger partial charge on any atom is -0.496 e. The molecule has 2 saturated heterocycles. The minimum absolute atomic E-state index is 0.00444. The Morgan fingerprint density at radius 3 is 2.62 bits per heavy atom. The van der Waals surface area contributed by atoms with Gasteiger partial charge >= 0.3 is 0 Å². The third-order valence-corrected chi connectivity index (χ3v) is 6.71. The highest BCUT2D eigenvalue weighted by atomic mass is 16.5. The molecule has 154 valence electrons. The Hall–Kier alpha value is -2.33. The van der Waals surface area contributed by atoms with Gasteiger partial charge in [0.05, 0.1) is 13.2 Å². The van der Waals surface area contributed by atoms with Crippen LogP contribution in [0.1, 0.15) is 66.1 Å². The summed E-state index contributed by atoms with van der Waals surface area (Å²) in [6.45, 7) is 3.10. The first-order chi connectivity index (χ1) is 14.2. The summed E-state index contributed by atoms with van der Waals surface area (Å²) in [7, 11) is 1.65. The predicted molar refractivity (Wildman–Crippen MR) is 116 cm³/mol. The van der Waals surface area contributed by atoms with Gasteiger partial charge in [-0.1, -0.05) is 49.2 Å². The van der Waals surface area contributed by atoms with Gasteiger partial charge in [-0.3, -0.25) is 9.69 Å². The summed E-state index contributed by atoms with van der Waals surface area (Å²) in [5.41, 5.74) is 2.77. The molecule has 0 spiro atoms. The van der Waals surface area contributed by atoms with E-state index in [9.17, 15) is 4.79 Å². The first kappa shape index (κ1) is 20.0. The van der Waals surface area contributed by atoms with E-state index in [2.05, 4.69) is 34.5 Å². The van der Waals surface area contributed by atoms with E-state index in [4.69, 9.17) is 4.74 Å². The van der Waals surface area contributed by atoms with Crippen molar-refractivity contribution >= 4 is 5.91 Å². The van der Waals surface area contributed by atoms with E-state index in [0.29, 0.717) is 17.6 Å². The quantitative estimate of drug-likeness (QED) is 0.788. The standard InChI is InChI=1S/C25H32N2O2/c1-18-21(14-9-16-23(18)29-2)25(28)26-24(19-10-4-3-5-11-19)22-15-8-13-20-12-6-7-17-27(20)22/h3-5,9-11,14,16,20,22,24H,6-8,12-13,15,17H2,1-2H3,(H,26,28). The number of amides is 1. The summed E-state index contributed by atoms with van der Waals surface area (Å²) in [5, 5.41) is 3.41. The van der Waals surface area contributed by atoms with E-state index in [0.717, 1.165) is 24.3 Å². The number of carbonyl (C=O) groups is 1. The van der Waals surface area contributed by atoms with Gasteiger partial charge in [0.2, 0.25) is 0 Å². The molecule has 3 unspecified atom stereocenters. The third kappa shape index (κ3) is 4.18. The summed E-state index contributed by atoms with van der Waals surface area (Å²) in [4.78, 5) is 16.0. The zero-order chi connectivity index (χ0) is 20.2. The number of piperidine rings is 2. The van der Waals surface area contributed by atoms with Crippen molar-refractivity contribution in [2.45, 2.75) is 63.6 Å². The fourth-order valence-corrected chi connectivity index (χ4v) is 5.22. The molecule has 1 amide bonds. The van der Waals surface area contributed by atoms with E-state index in [1.54, 1.807) is 7.11 Å². The molecular formula is C25H32N2O2. The molecule has 4 rings (SSSR count). The van der Waals surface area contributed by atoms with Crippen LogP contribution >= 0.6 is 0 Å². The van der Waals surface area contributed by atoms with Gasteiger partial charge in [0, 0.05) is 23.2 Å². The number of ether oxygens (including phenoxy) is 1. The lowest BCUT2D eigenvalue weighted by molar-refractivity contribution is 0.0311. The number of methoxy groups -OCH3 is 1. The summed E-state index contributed by atoms with van der Waals surface area (Å²) in [5.74, 6) is 0.733. The summed E-state index contributed by atoms with van der Waals surface area (Å²) in [6.07, 6.45) is 7.55. The number of hydrogen-bond acceptors (Lipinski definition) is 3. The van der Waals surface area contributed by atoms with Crippen molar-refractivity contribution in [2.75, 3.05) is 13.7 Å². The number of carbonyl (C=O) groups excluding carboxylic acids is 1. The summed E-state index contributed by atoms with van der Waals surface area (Å²) >= 11 is 0. The molecule has 2 aliphatic heterocycles. The Labute approximate surface area is 174 Å². The SMILES string of the molecule is COc1cccc(C(=O)NC(c2ccccc2)C2CCCC3CCCCN32)c1C. The molecule has 1 N–H and O–H groups in total. The van der Waals surface area contributed by atoms with Crippen LogP contribution in [-0.2, 0) is 0 Å². The lowest BCUT2D eigenvalue weighted by atomic mass is 9.84. The normalized spacial score (nSPS) is 23.1. The van der Waals surface area contributed by atoms with Crippen LogP contribution in [0, 0.1) is 6.92 Å². The Balaban J connectivity index is 1.64. The topological polar surface area (TPSA) is 41.6 Å². The lowest BCUT2D eigenvalue weighted by Gasteiger charge is -2.48. The van der Waals surface area contributed by atoms with Crippen LogP contribution in [0.25, 0.3) is 0 Å². The number of hydrogen-bond donors (Lipinski definition) is 1. The van der Waals surface area contributed by atoms with Gasteiger partial charge in [-0.15, -0.1) is 0 Å². The first-order valence-electron chi connectivity index (χ1n) is 10.9. The Kier molecular flexibility index (Phi) is 6.19. The van der Waals surface area contributed by atoms with Gasteiger partial charge in [-0.25, -0.2) is 0 Å². The number of rotatable bonds is 5. The van der Waals surface area contributed by atoms with Crippen LogP contribution in [0.2, 0.25) is 0 Å². The molecule has 4 heteroatoms. The molecule has 0 aliphatic carbocycles. The van der Waals surface area contributed by atoms with Gasteiger partial charge in [0.1, 0.15) is 5.75 Å². The van der Waals surface area contributed by atoms with Gasteiger partial charge in [0.25, 0.3) is 5.91 Å². The zero-order valence-corrected chi connectivity index (χ0v) is 17.6. The van der Waals surface area contributed by atoms with Gasteiger partial charge in [-0.05, 0) is 56.8 Å². The van der Waals surface area contributed by atoms with Gasteiger partial charge < -0.3 is 10.1 Å². The molecule has 0 aromatic heterocycles. The molecule has 0 radical (unpaired) electrons. The highest BCUT2D eigenvalue weighted by molar-refractivity contribution is 5.96. The van der Waals surface area contributed by atoms with Crippen molar-refractivity contribution in [1.82, 2.24) is 10.2 Å². The molecule has 0 saturated carbocycles. The Bertz CT molecular complexity index is 834. The van der Waals surface area contributed by atoms with Crippen LogP contribution in [0.3, 0.4) is 0 Å². The molecule has 4 nitrogen and oxygen atoms in total. The second-order valence-corrected chi connectivity index (χ2v) is 8.38. The molecule has 0 bridgehead atoms. The Morgan fingerprint density at radius 2 is 1.83 bits per heavy atom. The zero-order valence-electron chi connectivity index (χ0n) is 17.6. The van der Waals surface area contributed by atoms with Crippen LogP contribution in [0.5, 0.6) is 5.75 Å². The third-order valence-electron chi connectivity index (χ3n) is 6.71. The average molecular weight is 393 g/mol. The van der Waals surface area contributed by atoms with Crippen LogP contribution in [-0.4, -0.2) is 36.5 Å². The van der Waals surface area contributed by atoms with E-state index >= 15 is 0 Å². The van der Waals surface area contributed by atoms with Crippen molar-refractivity contribution in [1.29, 1.82) is 0 Å². The largest absolute Gasteiger partial charge is 0.496 e. The average Bonchev–Trinajstić information content (AvgIpc) is 2.78. The van der Waals surface area contributed by atoms with E-state index < -0.39 is 0 Å². The number of nitrogens with zero attached hydrogens (tertiary/aromatic N) is 1. The van der Waals surface area contributed by atoms with Crippen molar-refractivity contribution in [3.8, 4) is 5.75 Å².